The van der Waals surface area contributed by atoms with Crippen LogP contribution in [0.3, 0.4) is 0 Å². The van der Waals surface area contributed by atoms with E-state index >= 15 is 0 Å². The minimum Gasteiger partial charge on any atom is -0.489 e. The molecule has 0 radical (unpaired) electrons. The Hall–Kier alpha value is -2.60. The molecule has 0 aliphatic carbocycles. The summed E-state index contributed by atoms with van der Waals surface area (Å²) in [5.74, 6) is 0.602. The van der Waals surface area contributed by atoms with Crippen LogP contribution in [0.1, 0.15) is 5.56 Å². The molecule has 0 spiro atoms. The van der Waals surface area contributed by atoms with Crippen molar-refractivity contribution in [1.29, 1.82) is 0 Å². The Kier molecular flexibility index (Phi) is 5.32. The number of nitrogens with zero attached hydrogens (tertiary/aromatic N) is 1. The molecule has 2 aromatic carbocycles. The predicted molar refractivity (Wildman–Crippen MR) is 86.5 cm³/mol. The molecule has 0 atom stereocenters. The van der Waals surface area contributed by atoms with Gasteiger partial charge in [-0.1, -0.05) is 43.0 Å². The van der Waals surface area contributed by atoms with Gasteiger partial charge in [0.25, 0.3) is 10.0 Å². The van der Waals surface area contributed by atoms with E-state index in [0.29, 0.717) is 17.9 Å². The fourth-order valence-electron chi connectivity index (χ4n) is 1.68. The molecule has 5 nitrogen and oxygen atoms in total. The Bertz CT molecular complexity index is 756. The molecule has 0 aromatic heterocycles. The molecule has 0 saturated heterocycles. The van der Waals surface area contributed by atoms with Crippen LogP contribution in [0.2, 0.25) is 0 Å². The average molecular weight is 316 g/mol. The first-order chi connectivity index (χ1) is 10.6. The summed E-state index contributed by atoms with van der Waals surface area (Å²) in [5, 5.41) is 3.79. The zero-order valence-corrected chi connectivity index (χ0v) is 12.7. The highest BCUT2D eigenvalue weighted by molar-refractivity contribution is 7.89. The van der Waals surface area contributed by atoms with Crippen LogP contribution in [-0.4, -0.2) is 21.2 Å². The highest BCUT2D eigenvalue weighted by Crippen LogP contribution is 2.15. The van der Waals surface area contributed by atoms with Crippen LogP contribution >= 0.6 is 0 Å². The van der Waals surface area contributed by atoms with Crippen LogP contribution in [0.25, 0.3) is 0 Å². The minimum atomic E-state index is -3.67. The van der Waals surface area contributed by atoms with Crippen molar-refractivity contribution < 1.29 is 13.2 Å². The van der Waals surface area contributed by atoms with Gasteiger partial charge in [-0.25, -0.2) is 4.83 Å². The molecule has 6 heteroatoms. The van der Waals surface area contributed by atoms with Gasteiger partial charge in [-0.05, 0) is 24.3 Å². The van der Waals surface area contributed by atoms with E-state index in [4.69, 9.17) is 4.74 Å². The zero-order chi connectivity index (χ0) is 15.8. The van der Waals surface area contributed by atoms with E-state index in [1.54, 1.807) is 36.4 Å². The molecule has 0 aliphatic heterocycles. The van der Waals surface area contributed by atoms with Crippen molar-refractivity contribution in [3.05, 3.63) is 72.8 Å². The van der Waals surface area contributed by atoms with Crippen molar-refractivity contribution >= 4 is 16.2 Å². The number of rotatable bonds is 7. The molecule has 22 heavy (non-hydrogen) atoms. The van der Waals surface area contributed by atoms with E-state index < -0.39 is 10.0 Å². The molecule has 0 amide bonds. The molecule has 2 aromatic rings. The highest BCUT2D eigenvalue weighted by atomic mass is 32.2. The van der Waals surface area contributed by atoms with Crippen LogP contribution in [0.4, 0.5) is 0 Å². The lowest BCUT2D eigenvalue weighted by molar-refractivity contribution is 0.362. The molecule has 2 rings (SSSR count). The van der Waals surface area contributed by atoms with E-state index in [1.807, 2.05) is 12.1 Å². The van der Waals surface area contributed by atoms with E-state index in [9.17, 15) is 8.42 Å². The second-order valence-corrected chi connectivity index (χ2v) is 5.96. The second kappa shape index (κ2) is 7.42. The minimum absolute atomic E-state index is 0.156. The summed E-state index contributed by atoms with van der Waals surface area (Å²) in [6.07, 6.45) is 3.03. The lowest BCUT2D eigenvalue weighted by Gasteiger charge is -2.06. The van der Waals surface area contributed by atoms with Crippen molar-refractivity contribution in [2.75, 3.05) is 6.61 Å². The molecular formula is C16H16N2O3S. The van der Waals surface area contributed by atoms with E-state index in [1.165, 1.54) is 18.3 Å². The van der Waals surface area contributed by atoms with Crippen LogP contribution in [0.5, 0.6) is 5.75 Å². The lowest BCUT2D eigenvalue weighted by Crippen LogP contribution is -2.18. The van der Waals surface area contributed by atoms with E-state index in [2.05, 4.69) is 16.5 Å². The van der Waals surface area contributed by atoms with Crippen LogP contribution in [-0.2, 0) is 10.0 Å². The normalized spacial score (nSPS) is 11.3. The van der Waals surface area contributed by atoms with Gasteiger partial charge in [-0.3, -0.25) is 0 Å². The smallest absolute Gasteiger partial charge is 0.276 e. The number of ether oxygens (including phenoxy) is 1. The first-order valence-corrected chi connectivity index (χ1v) is 8.04. The SMILES string of the molecule is C=CCOc1ccccc1/C=N\NS(=O)(=O)c1ccccc1. The summed E-state index contributed by atoms with van der Waals surface area (Å²) >= 11 is 0. The van der Waals surface area contributed by atoms with Crippen molar-refractivity contribution in [3.8, 4) is 5.75 Å². The highest BCUT2D eigenvalue weighted by Gasteiger charge is 2.11. The Morgan fingerprint density at radius 3 is 2.50 bits per heavy atom. The van der Waals surface area contributed by atoms with E-state index in [-0.39, 0.29) is 4.90 Å². The summed E-state index contributed by atoms with van der Waals surface area (Å²) in [7, 11) is -3.67. The predicted octanol–water partition coefficient (Wildman–Crippen LogP) is 2.56. The fourth-order valence-corrected chi connectivity index (χ4v) is 2.50. The quantitative estimate of drug-likeness (QED) is 0.485. The van der Waals surface area contributed by atoms with Crippen molar-refractivity contribution in [2.45, 2.75) is 4.90 Å². The van der Waals surface area contributed by atoms with Crippen LogP contribution < -0.4 is 9.57 Å². The Morgan fingerprint density at radius 1 is 1.09 bits per heavy atom. The lowest BCUT2D eigenvalue weighted by atomic mass is 10.2. The molecule has 0 heterocycles. The van der Waals surface area contributed by atoms with Gasteiger partial charge in [-0.15, -0.1) is 0 Å². The van der Waals surface area contributed by atoms with Crippen LogP contribution in [0.15, 0.2) is 77.2 Å². The zero-order valence-electron chi connectivity index (χ0n) is 11.8. The number of hydrogen-bond acceptors (Lipinski definition) is 4. The summed E-state index contributed by atoms with van der Waals surface area (Å²) in [5.41, 5.74) is 0.667. The van der Waals surface area contributed by atoms with Gasteiger partial charge in [-0.2, -0.15) is 13.5 Å². The summed E-state index contributed by atoms with van der Waals surface area (Å²) < 4.78 is 29.5. The maximum atomic E-state index is 12.0. The summed E-state index contributed by atoms with van der Waals surface area (Å²) in [6.45, 7) is 3.94. The molecule has 114 valence electrons. The van der Waals surface area contributed by atoms with E-state index in [0.717, 1.165) is 0 Å². The number of sulfonamides is 1. The fraction of sp³-hybridized carbons (Fsp3) is 0.0625. The van der Waals surface area contributed by atoms with Gasteiger partial charge in [0, 0.05) is 5.56 Å². The topological polar surface area (TPSA) is 67.8 Å². The number of nitrogens with one attached hydrogen (secondary N) is 1. The third-order valence-corrected chi connectivity index (χ3v) is 3.94. The van der Waals surface area contributed by atoms with Gasteiger partial charge < -0.3 is 4.74 Å². The summed E-state index contributed by atoms with van der Waals surface area (Å²) in [6, 6.07) is 15.2. The number of hydrogen-bond donors (Lipinski definition) is 1. The Balaban J connectivity index is 2.11. The monoisotopic (exact) mass is 316 g/mol. The maximum absolute atomic E-state index is 12.0. The molecule has 0 bridgehead atoms. The third-order valence-electron chi connectivity index (χ3n) is 2.71. The summed E-state index contributed by atoms with van der Waals surface area (Å²) in [4.78, 5) is 2.33. The average Bonchev–Trinajstić information content (AvgIpc) is 2.54. The molecule has 0 saturated carbocycles. The molecular weight excluding hydrogens is 300 g/mol. The van der Waals surface area contributed by atoms with Gasteiger partial charge in [0.1, 0.15) is 12.4 Å². The van der Waals surface area contributed by atoms with Crippen molar-refractivity contribution in [3.63, 3.8) is 0 Å². The number of hydrazone groups is 1. The molecule has 0 fully saturated rings. The number of para-hydroxylation sites is 1. The molecule has 0 aliphatic rings. The molecule has 0 unspecified atom stereocenters. The van der Waals surface area contributed by atoms with Gasteiger partial charge in [0.15, 0.2) is 0 Å². The Morgan fingerprint density at radius 2 is 1.77 bits per heavy atom. The van der Waals surface area contributed by atoms with Gasteiger partial charge in [0.2, 0.25) is 0 Å². The maximum Gasteiger partial charge on any atom is 0.276 e. The van der Waals surface area contributed by atoms with Crippen LogP contribution in [0, 0.1) is 0 Å². The molecule has 1 N–H and O–H groups in total. The Labute approximate surface area is 130 Å². The van der Waals surface area contributed by atoms with Crippen molar-refractivity contribution in [1.82, 2.24) is 4.83 Å². The van der Waals surface area contributed by atoms with Gasteiger partial charge in [0.05, 0.1) is 11.1 Å². The van der Waals surface area contributed by atoms with Crippen molar-refractivity contribution in [2.24, 2.45) is 5.10 Å². The third kappa shape index (κ3) is 4.20. The standard InChI is InChI=1S/C16H16N2O3S/c1-2-12-21-16-11-7-6-8-14(16)13-17-18-22(19,20)15-9-4-3-5-10-15/h2-11,13,18H,1,12H2/b17-13-. The first kappa shape index (κ1) is 15.8. The largest absolute Gasteiger partial charge is 0.489 e. The second-order valence-electron chi connectivity index (χ2n) is 4.30. The number of benzene rings is 2. The van der Waals surface area contributed by atoms with Gasteiger partial charge >= 0.3 is 0 Å². The first-order valence-electron chi connectivity index (χ1n) is 6.56.